The van der Waals surface area contributed by atoms with E-state index in [0.717, 1.165) is 42.9 Å². The van der Waals surface area contributed by atoms with E-state index >= 15 is 0 Å². The maximum absolute atomic E-state index is 13.5. The molecule has 0 bridgehead atoms. The molecular formula is C25H27N5O2. The number of rotatable bonds is 3. The van der Waals surface area contributed by atoms with Gasteiger partial charge in [-0.2, -0.15) is 5.10 Å². The number of aryl methyl sites for hydroxylation is 2. The summed E-state index contributed by atoms with van der Waals surface area (Å²) < 4.78 is 1.97. The van der Waals surface area contributed by atoms with Gasteiger partial charge < -0.3 is 9.80 Å². The van der Waals surface area contributed by atoms with Crippen LogP contribution < -0.4 is 4.90 Å². The molecule has 5 rings (SSSR count). The number of fused-ring (bicyclic) bond motifs is 1. The van der Waals surface area contributed by atoms with Crippen molar-refractivity contribution in [2.75, 3.05) is 31.1 Å². The van der Waals surface area contributed by atoms with Crippen molar-refractivity contribution < 1.29 is 9.59 Å². The van der Waals surface area contributed by atoms with E-state index in [0.29, 0.717) is 31.9 Å². The number of carbonyl (C=O) groups excluding carboxylic acids is 2. The molecule has 2 aliphatic heterocycles. The number of nitrogens with zero attached hydrogens (tertiary/aromatic N) is 5. The first-order valence-corrected chi connectivity index (χ1v) is 11.3. The minimum Gasteiger partial charge on any atom is -0.334 e. The lowest BCUT2D eigenvalue weighted by atomic mass is 10.1. The third-order valence-corrected chi connectivity index (χ3v) is 6.19. The van der Waals surface area contributed by atoms with Gasteiger partial charge in [-0.1, -0.05) is 36.4 Å². The lowest BCUT2D eigenvalue weighted by Gasteiger charge is -2.37. The van der Waals surface area contributed by atoms with Gasteiger partial charge in [-0.3, -0.25) is 14.4 Å². The third kappa shape index (κ3) is 3.98. The summed E-state index contributed by atoms with van der Waals surface area (Å²) in [5.74, 6) is -0.0398. The van der Waals surface area contributed by atoms with Crippen LogP contribution in [-0.2, 0) is 13.0 Å². The summed E-state index contributed by atoms with van der Waals surface area (Å²) in [5.41, 5.74) is 3.32. The molecule has 0 N–H and O–H groups in total. The molecule has 0 spiro atoms. The second kappa shape index (κ2) is 8.86. The van der Waals surface area contributed by atoms with Crippen molar-refractivity contribution in [2.24, 2.45) is 0 Å². The Morgan fingerprint density at radius 2 is 1.34 bits per heavy atom. The van der Waals surface area contributed by atoms with Crippen molar-refractivity contribution in [3.05, 3.63) is 78.1 Å². The maximum atomic E-state index is 13.5. The molecule has 0 aliphatic carbocycles. The zero-order valence-electron chi connectivity index (χ0n) is 18.1. The molecule has 0 unspecified atom stereocenters. The molecular weight excluding hydrogens is 402 g/mol. The van der Waals surface area contributed by atoms with Gasteiger partial charge in [0, 0.05) is 38.4 Å². The fraction of sp³-hybridized carbons (Fsp3) is 0.320. The van der Waals surface area contributed by atoms with E-state index in [1.54, 1.807) is 4.90 Å². The van der Waals surface area contributed by atoms with Crippen LogP contribution in [0.5, 0.6) is 0 Å². The van der Waals surface area contributed by atoms with Crippen LogP contribution in [0.2, 0.25) is 0 Å². The fourth-order valence-electron chi connectivity index (χ4n) is 4.45. The largest absolute Gasteiger partial charge is 0.334 e. The van der Waals surface area contributed by atoms with E-state index in [-0.39, 0.29) is 11.9 Å². The van der Waals surface area contributed by atoms with Crippen molar-refractivity contribution in [3.8, 4) is 0 Å². The zero-order chi connectivity index (χ0) is 21.9. The minimum atomic E-state index is -0.0769. The van der Waals surface area contributed by atoms with E-state index in [9.17, 15) is 9.59 Å². The number of aromatic nitrogens is 2. The van der Waals surface area contributed by atoms with E-state index in [2.05, 4.69) is 5.10 Å². The first kappa shape index (κ1) is 20.3. The number of amides is 3. The lowest BCUT2D eigenvalue weighted by Crippen LogP contribution is -2.53. The third-order valence-electron chi connectivity index (χ3n) is 6.19. The second-order valence-corrected chi connectivity index (χ2v) is 8.27. The molecule has 1 aromatic heterocycles. The Labute approximate surface area is 187 Å². The molecule has 3 aromatic rings. The van der Waals surface area contributed by atoms with Gasteiger partial charge in [0.1, 0.15) is 0 Å². The fourth-order valence-corrected chi connectivity index (χ4v) is 4.45. The van der Waals surface area contributed by atoms with E-state index in [1.807, 2.05) is 81.2 Å². The number of piperazine rings is 1. The molecule has 32 heavy (non-hydrogen) atoms. The number of carbonyl (C=O) groups is 2. The molecule has 0 atom stereocenters. The number of benzene rings is 2. The number of anilines is 2. The Morgan fingerprint density at radius 1 is 0.750 bits per heavy atom. The molecule has 3 heterocycles. The molecule has 7 nitrogen and oxygen atoms in total. The van der Waals surface area contributed by atoms with E-state index in [1.165, 1.54) is 0 Å². The van der Waals surface area contributed by atoms with Crippen LogP contribution in [0.15, 0.2) is 66.7 Å². The van der Waals surface area contributed by atoms with Gasteiger partial charge in [0.2, 0.25) is 0 Å². The predicted molar refractivity (Wildman–Crippen MR) is 123 cm³/mol. The molecule has 1 saturated heterocycles. The number of hydrogen-bond donors (Lipinski definition) is 0. The SMILES string of the molecule is O=C(c1cc2n(n1)CCCC2)N1CCN(C(=O)N(c2ccccc2)c2ccccc2)CC1. The predicted octanol–water partition coefficient (Wildman–Crippen LogP) is 3.94. The highest BCUT2D eigenvalue weighted by Gasteiger charge is 2.30. The highest BCUT2D eigenvalue weighted by Crippen LogP contribution is 2.27. The Bertz CT molecular complexity index is 1030. The standard InChI is InChI=1S/C25H27N5O2/c31-24(23-19-22-13-7-8-14-29(22)26-23)27-15-17-28(18-16-27)25(32)30(20-9-3-1-4-10-20)21-11-5-2-6-12-21/h1-6,9-12,19H,7-8,13-18H2. The molecule has 3 amide bonds. The van der Waals surface area contributed by atoms with Gasteiger partial charge in [-0.25, -0.2) is 4.79 Å². The van der Waals surface area contributed by atoms with Gasteiger partial charge in [0.25, 0.3) is 5.91 Å². The van der Waals surface area contributed by atoms with E-state index < -0.39 is 0 Å². The first-order chi connectivity index (χ1) is 15.7. The quantitative estimate of drug-likeness (QED) is 0.634. The van der Waals surface area contributed by atoms with Gasteiger partial charge >= 0.3 is 6.03 Å². The summed E-state index contributed by atoms with van der Waals surface area (Å²) in [6.45, 7) is 2.89. The first-order valence-electron chi connectivity index (χ1n) is 11.3. The molecule has 1 fully saturated rings. The maximum Gasteiger partial charge on any atom is 0.329 e. The molecule has 2 aliphatic rings. The van der Waals surface area contributed by atoms with Crippen molar-refractivity contribution in [3.63, 3.8) is 0 Å². The molecule has 0 saturated carbocycles. The molecule has 7 heteroatoms. The van der Waals surface area contributed by atoms with Crippen LogP contribution in [0.1, 0.15) is 29.0 Å². The van der Waals surface area contributed by atoms with Gasteiger partial charge in [0.05, 0.1) is 11.4 Å². The average Bonchev–Trinajstić information content (AvgIpc) is 3.29. The highest BCUT2D eigenvalue weighted by molar-refractivity contribution is 5.99. The smallest absolute Gasteiger partial charge is 0.329 e. The van der Waals surface area contributed by atoms with Crippen LogP contribution in [0, 0.1) is 0 Å². The molecule has 0 radical (unpaired) electrons. The van der Waals surface area contributed by atoms with Crippen LogP contribution in [0.4, 0.5) is 16.2 Å². The number of hydrogen-bond acceptors (Lipinski definition) is 3. The van der Waals surface area contributed by atoms with Gasteiger partial charge in [0.15, 0.2) is 5.69 Å². The van der Waals surface area contributed by atoms with Crippen LogP contribution in [0.3, 0.4) is 0 Å². The van der Waals surface area contributed by atoms with Crippen LogP contribution >= 0.6 is 0 Å². The lowest BCUT2D eigenvalue weighted by molar-refractivity contribution is 0.0663. The van der Waals surface area contributed by atoms with Crippen molar-refractivity contribution in [1.82, 2.24) is 19.6 Å². The van der Waals surface area contributed by atoms with E-state index in [4.69, 9.17) is 0 Å². The molecule has 164 valence electrons. The summed E-state index contributed by atoms with van der Waals surface area (Å²) in [7, 11) is 0. The normalized spacial score (nSPS) is 15.9. The number of para-hydroxylation sites is 2. The number of urea groups is 1. The Hall–Kier alpha value is -3.61. The Balaban J connectivity index is 1.29. The zero-order valence-corrected chi connectivity index (χ0v) is 18.1. The minimum absolute atomic E-state index is 0.0398. The van der Waals surface area contributed by atoms with Gasteiger partial charge in [-0.05, 0) is 49.6 Å². The van der Waals surface area contributed by atoms with Crippen molar-refractivity contribution in [2.45, 2.75) is 25.8 Å². The topological polar surface area (TPSA) is 61.7 Å². The highest BCUT2D eigenvalue weighted by atomic mass is 16.2. The monoisotopic (exact) mass is 429 g/mol. The van der Waals surface area contributed by atoms with Crippen molar-refractivity contribution >= 4 is 23.3 Å². The Morgan fingerprint density at radius 3 is 1.94 bits per heavy atom. The van der Waals surface area contributed by atoms with Crippen molar-refractivity contribution in [1.29, 1.82) is 0 Å². The van der Waals surface area contributed by atoms with Crippen LogP contribution in [-0.4, -0.2) is 57.7 Å². The summed E-state index contributed by atoms with van der Waals surface area (Å²) in [4.78, 5) is 31.9. The summed E-state index contributed by atoms with van der Waals surface area (Å²) in [5, 5.41) is 4.52. The summed E-state index contributed by atoms with van der Waals surface area (Å²) in [6, 6.07) is 21.2. The Kier molecular flexibility index (Phi) is 5.62. The molecule has 2 aromatic carbocycles. The van der Waals surface area contributed by atoms with Crippen LogP contribution in [0.25, 0.3) is 0 Å². The summed E-state index contributed by atoms with van der Waals surface area (Å²) >= 11 is 0. The second-order valence-electron chi connectivity index (χ2n) is 8.27. The average molecular weight is 430 g/mol. The van der Waals surface area contributed by atoms with Gasteiger partial charge in [-0.15, -0.1) is 0 Å². The summed E-state index contributed by atoms with van der Waals surface area (Å²) in [6.07, 6.45) is 3.25.